The van der Waals surface area contributed by atoms with Crippen LogP contribution < -0.4 is 9.64 Å². The highest BCUT2D eigenvalue weighted by atomic mass is 19.4. The largest absolute Gasteiger partial charge is 0.573 e. The standard InChI is InChI=1S/C32H34F3N3O2/c1-21(2)26-16-19-38-29(20-26)31(22(3)36-38)30(39)13-6-23-4-9-27(10-5-23)37-17-14-25(15-18-37)24-7-11-28(12-8-24)40-32(33,34)35/h4-5,7-12,16,19-21,25H,6,13-15,17-18H2,1-3H3. The summed E-state index contributed by atoms with van der Waals surface area (Å²) in [6.45, 7) is 7.92. The second kappa shape index (κ2) is 11.4. The number of benzene rings is 2. The molecule has 1 aliphatic heterocycles. The zero-order valence-electron chi connectivity index (χ0n) is 23.0. The molecule has 0 N–H and O–H groups in total. The number of hydrogen-bond donors (Lipinski definition) is 0. The molecular weight excluding hydrogens is 515 g/mol. The quantitative estimate of drug-likeness (QED) is 0.210. The Morgan fingerprint density at radius 2 is 1.70 bits per heavy atom. The van der Waals surface area contributed by atoms with Crippen molar-refractivity contribution >= 4 is 17.0 Å². The average molecular weight is 550 g/mol. The summed E-state index contributed by atoms with van der Waals surface area (Å²) in [6, 6.07) is 18.8. The Morgan fingerprint density at radius 3 is 2.33 bits per heavy atom. The molecule has 2 aromatic heterocycles. The molecule has 8 heteroatoms. The number of aromatic nitrogens is 2. The molecular formula is C32H34F3N3O2. The van der Waals surface area contributed by atoms with Crippen molar-refractivity contribution in [1.82, 2.24) is 9.61 Å². The maximum Gasteiger partial charge on any atom is 0.573 e. The third kappa shape index (κ3) is 6.32. The van der Waals surface area contributed by atoms with Crippen molar-refractivity contribution in [3.05, 3.63) is 94.8 Å². The Hall–Kier alpha value is -3.81. The van der Waals surface area contributed by atoms with Crippen LogP contribution in [0.3, 0.4) is 0 Å². The molecule has 0 atom stereocenters. The van der Waals surface area contributed by atoms with Gasteiger partial charge in [-0.05, 0) is 91.1 Å². The third-order valence-corrected chi connectivity index (χ3v) is 7.80. The van der Waals surface area contributed by atoms with Crippen molar-refractivity contribution in [3.63, 3.8) is 0 Å². The van der Waals surface area contributed by atoms with Gasteiger partial charge in [-0.2, -0.15) is 5.10 Å². The van der Waals surface area contributed by atoms with E-state index in [1.54, 1.807) is 16.6 Å². The second-order valence-electron chi connectivity index (χ2n) is 10.9. The molecule has 1 saturated heterocycles. The number of rotatable bonds is 8. The molecule has 0 amide bonds. The predicted molar refractivity (Wildman–Crippen MR) is 150 cm³/mol. The smallest absolute Gasteiger partial charge is 0.406 e. The number of aryl methyl sites for hydroxylation is 2. The van der Waals surface area contributed by atoms with Gasteiger partial charge in [0.25, 0.3) is 0 Å². The fourth-order valence-corrected chi connectivity index (χ4v) is 5.55. The molecule has 0 unspecified atom stereocenters. The molecule has 0 spiro atoms. The van der Waals surface area contributed by atoms with E-state index in [4.69, 9.17) is 0 Å². The molecule has 0 bridgehead atoms. The van der Waals surface area contributed by atoms with E-state index < -0.39 is 6.36 Å². The zero-order chi connectivity index (χ0) is 28.4. The van der Waals surface area contributed by atoms with Gasteiger partial charge in [0.05, 0.1) is 16.8 Å². The first-order valence-electron chi connectivity index (χ1n) is 13.8. The Bertz CT molecular complexity index is 1470. The number of piperidine rings is 1. The molecule has 40 heavy (non-hydrogen) atoms. The molecule has 2 aromatic carbocycles. The second-order valence-corrected chi connectivity index (χ2v) is 10.9. The highest BCUT2D eigenvalue weighted by Crippen LogP contribution is 2.32. The van der Waals surface area contributed by atoms with Gasteiger partial charge in [-0.25, -0.2) is 4.52 Å². The van der Waals surface area contributed by atoms with Gasteiger partial charge in [-0.3, -0.25) is 4.79 Å². The summed E-state index contributed by atoms with van der Waals surface area (Å²) >= 11 is 0. The fourth-order valence-electron chi connectivity index (χ4n) is 5.55. The fraction of sp³-hybridized carbons (Fsp3) is 0.375. The number of nitrogens with zero attached hydrogens (tertiary/aromatic N) is 3. The van der Waals surface area contributed by atoms with Crippen LogP contribution in [0.25, 0.3) is 5.52 Å². The number of alkyl halides is 3. The van der Waals surface area contributed by atoms with Crippen LogP contribution in [0.2, 0.25) is 0 Å². The number of halogens is 3. The summed E-state index contributed by atoms with van der Waals surface area (Å²) in [7, 11) is 0. The molecule has 5 rings (SSSR count). The van der Waals surface area contributed by atoms with Crippen molar-refractivity contribution in [1.29, 1.82) is 0 Å². The number of ether oxygens (including phenoxy) is 1. The van der Waals surface area contributed by atoms with Crippen molar-refractivity contribution in [2.45, 2.75) is 64.7 Å². The lowest BCUT2D eigenvalue weighted by atomic mass is 9.89. The lowest BCUT2D eigenvalue weighted by molar-refractivity contribution is -0.274. The molecule has 1 aliphatic rings. The van der Waals surface area contributed by atoms with E-state index in [9.17, 15) is 18.0 Å². The van der Waals surface area contributed by atoms with E-state index in [1.807, 2.05) is 13.1 Å². The predicted octanol–water partition coefficient (Wildman–Crippen LogP) is 7.86. The zero-order valence-corrected chi connectivity index (χ0v) is 23.0. The number of carbonyl (C=O) groups is 1. The van der Waals surface area contributed by atoms with Crippen LogP contribution in [0.5, 0.6) is 5.75 Å². The summed E-state index contributed by atoms with van der Waals surface area (Å²) in [6.07, 6.45) is 0.186. The minimum absolute atomic E-state index is 0.109. The lowest BCUT2D eigenvalue weighted by Crippen LogP contribution is -2.32. The van der Waals surface area contributed by atoms with E-state index in [2.05, 4.69) is 65.0 Å². The normalized spacial score (nSPS) is 14.7. The van der Waals surface area contributed by atoms with Crippen LogP contribution in [0.1, 0.15) is 77.7 Å². The molecule has 0 radical (unpaired) electrons. The van der Waals surface area contributed by atoms with Gasteiger partial charge in [-0.15, -0.1) is 13.2 Å². The Kier molecular flexibility index (Phi) is 7.88. The van der Waals surface area contributed by atoms with Gasteiger partial charge in [0, 0.05) is 31.4 Å². The summed E-state index contributed by atoms with van der Waals surface area (Å²) < 4.78 is 43.0. The van der Waals surface area contributed by atoms with E-state index in [0.717, 1.165) is 54.0 Å². The van der Waals surface area contributed by atoms with Crippen molar-refractivity contribution in [2.75, 3.05) is 18.0 Å². The van der Waals surface area contributed by atoms with E-state index in [1.165, 1.54) is 17.7 Å². The summed E-state index contributed by atoms with van der Waals surface area (Å²) in [5.41, 5.74) is 6.83. The number of ketones is 1. The molecule has 3 heterocycles. The van der Waals surface area contributed by atoms with Crippen LogP contribution in [0.15, 0.2) is 66.9 Å². The molecule has 4 aromatic rings. The number of carbonyl (C=O) groups excluding carboxylic acids is 1. The van der Waals surface area contributed by atoms with Crippen molar-refractivity contribution in [3.8, 4) is 5.75 Å². The Balaban J connectivity index is 1.16. The van der Waals surface area contributed by atoms with E-state index in [0.29, 0.717) is 30.2 Å². The van der Waals surface area contributed by atoms with Crippen molar-refractivity contribution in [2.24, 2.45) is 0 Å². The molecule has 0 aliphatic carbocycles. The number of hydrogen-bond acceptors (Lipinski definition) is 4. The van der Waals surface area contributed by atoms with Crippen molar-refractivity contribution < 1.29 is 22.7 Å². The topological polar surface area (TPSA) is 46.8 Å². The van der Waals surface area contributed by atoms with Gasteiger partial charge in [-0.1, -0.05) is 38.1 Å². The number of anilines is 1. The van der Waals surface area contributed by atoms with Gasteiger partial charge in [0.1, 0.15) is 5.75 Å². The van der Waals surface area contributed by atoms with Gasteiger partial charge < -0.3 is 9.64 Å². The highest BCUT2D eigenvalue weighted by Gasteiger charge is 2.31. The van der Waals surface area contributed by atoms with Crippen LogP contribution in [-0.2, 0) is 6.42 Å². The number of pyridine rings is 1. The number of Topliss-reactive ketones (excluding diaryl/α,β-unsaturated/α-hetero) is 1. The lowest BCUT2D eigenvalue weighted by Gasteiger charge is -2.34. The van der Waals surface area contributed by atoms with Crippen LogP contribution in [-0.4, -0.2) is 34.8 Å². The third-order valence-electron chi connectivity index (χ3n) is 7.80. The Labute approximate surface area is 232 Å². The first-order valence-corrected chi connectivity index (χ1v) is 13.8. The van der Waals surface area contributed by atoms with Gasteiger partial charge in [0.15, 0.2) is 5.78 Å². The van der Waals surface area contributed by atoms with E-state index >= 15 is 0 Å². The molecule has 1 fully saturated rings. The minimum atomic E-state index is -4.68. The summed E-state index contributed by atoms with van der Waals surface area (Å²) in [4.78, 5) is 15.6. The number of fused-ring (bicyclic) bond motifs is 1. The van der Waals surface area contributed by atoms with Gasteiger partial charge >= 0.3 is 6.36 Å². The average Bonchev–Trinajstić information content (AvgIpc) is 3.26. The highest BCUT2D eigenvalue weighted by molar-refractivity contribution is 6.03. The summed E-state index contributed by atoms with van der Waals surface area (Å²) in [5, 5.41) is 4.54. The summed E-state index contributed by atoms with van der Waals surface area (Å²) in [5.74, 6) is 0.601. The van der Waals surface area contributed by atoms with Crippen LogP contribution in [0, 0.1) is 6.92 Å². The first kappa shape index (κ1) is 27.7. The Morgan fingerprint density at radius 1 is 1.02 bits per heavy atom. The molecule has 210 valence electrons. The van der Waals surface area contributed by atoms with Gasteiger partial charge in [0.2, 0.25) is 0 Å². The maximum atomic E-state index is 13.2. The molecule has 0 saturated carbocycles. The first-order chi connectivity index (χ1) is 19.1. The minimum Gasteiger partial charge on any atom is -0.406 e. The SMILES string of the molecule is Cc1nn2ccc(C(C)C)cc2c1C(=O)CCc1ccc(N2CCC(c3ccc(OC(F)(F)F)cc3)CC2)cc1. The van der Waals surface area contributed by atoms with Crippen LogP contribution in [0.4, 0.5) is 18.9 Å². The monoisotopic (exact) mass is 549 g/mol. The van der Waals surface area contributed by atoms with Crippen LogP contribution >= 0.6 is 0 Å². The maximum absolute atomic E-state index is 13.2. The molecule has 5 nitrogen and oxygen atoms in total. The van der Waals surface area contributed by atoms with E-state index in [-0.39, 0.29) is 11.5 Å².